The quantitative estimate of drug-likeness (QED) is 0.0836. The van der Waals surface area contributed by atoms with Gasteiger partial charge in [-0.15, -0.1) is 0 Å². The normalized spacial score (nSPS) is 12.1. The molecule has 0 aromatic carbocycles. The fourth-order valence-electron chi connectivity index (χ4n) is 4.49. The Morgan fingerprint density at radius 1 is 0.600 bits per heavy atom. The average molecular weight is 498 g/mol. The minimum absolute atomic E-state index is 0.0932. The minimum Gasteiger partial charge on any atom is -0.480 e. The number of ether oxygens (including phenoxy) is 1. The molecule has 0 rings (SSSR count). The van der Waals surface area contributed by atoms with Crippen molar-refractivity contribution in [3.05, 3.63) is 0 Å². The van der Waals surface area contributed by atoms with Gasteiger partial charge in [-0.25, -0.2) is 0 Å². The van der Waals surface area contributed by atoms with Gasteiger partial charge in [0.05, 0.1) is 13.0 Å². The lowest BCUT2D eigenvalue weighted by Crippen LogP contribution is -2.39. The molecule has 0 amide bonds. The van der Waals surface area contributed by atoms with Crippen molar-refractivity contribution in [1.82, 2.24) is 5.32 Å². The molecule has 0 fully saturated rings. The molecule has 0 saturated heterocycles. The number of esters is 1. The van der Waals surface area contributed by atoms with Gasteiger partial charge >= 0.3 is 11.9 Å². The summed E-state index contributed by atoms with van der Waals surface area (Å²) in [6.07, 6.45) is 27.9. The van der Waals surface area contributed by atoms with E-state index < -0.39 is 18.0 Å². The van der Waals surface area contributed by atoms with Crippen molar-refractivity contribution in [2.75, 3.05) is 13.2 Å². The van der Waals surface area contributed by atoms with Crippen LogP contribution in [0.5, 0.6) is 0 Å². The Kier molecular flexibility index (Phi) is 26.6. The first-order valence-electron chi connectivity index (χ1n) is 15.2. The maximum absolute atomic E-state index is 12.0. The van der Waals surface area contributed by atoms with Crippen molar-refractivity contribution < 1.29 is 19.4 Å². The molecular formula is C30H59NO4. The van der Waals surface area contributed by atoms with Gasteiger partial charge < -0.3 is 15.2 Å². The molecule has 35 heavy (non-hydrogen) atoms. The van der Waals surface area contributed by atoms with Crippen LogP contribution in [0.3, 0.4) is 0 Å². The maximum Gasteiger partial charge on any atom is 0.321 e. The number of hydrogen-bond donors (Lipinski definition) is 2. The predicted octanol–water partition coefficient (Wildman–Crippen LogP) is 8.58. The summed E-state index contributed by atoms with van der Waals surface area (Å²) in [5.74, 6) is -1.39. The molecule has 1 atom stereocenters. The highest BCUT2D eigenvalue weighted by molar-refractivity contribution is 5.81. The minimum atomic E-state index is -0.977. The topological polar surface area (TPSA) is 75.6 Å². The fourth-order valence-corrected chi connectivity index (χ4v) is 4.49. The Bertz CT molecular complexity index is 469. The van der Waals surface area contributed by atoms with Crippen molar-refractivity contribution in [3.63, 3.8) is 0 Å². The fraction of sp³-hybridized carbons (Fsp3) is 0.933. The van der Waals surface area contributed by atoms with E-state index in [1.54, 1.807) is 0 Å². The molecule has 5 nitrogen and oxygen atoms in total. The summed E-state index contributed by atoms with van der Waals surface area (Å²) in [6, 6.07) is -0.844. The highest BCUT2D eigenvalue weighted by atomic mass is 16.5. The van der Waals surface area contributed by atoms with E-state index in [1.807, 2.05) is 0 Å². The molecule has 0 aromatic heterocycles. The van der Waals surface area contributed by atoms with Gasteiger partial charge in [-0.3, -0.25) is 9.59 Å². The van der Waals surface area contributed by atoms with Crippen LogP contribution in [0.25, 0.3) is 0 Å². The molecule has 0 saturated carbocycles. The van der Waals surface area contributed by atoms with Crippen LogP contribution in [-0.2, 0) is 14.3 Å². The molecule has 0 radical (unpaired) electrons. The summed E-state index contributed by atoms with van der Waals surface area (Å²) in [5.41, 5.74) is 0. The van der Waals surface area contributed by atoms with Crippen LogP contribution in [-0.4, -0.2) is 36.2 Å². The molecule has 0 bridgehead atoms. The van der Waals surface area contributed by atoms with Gasteiger partial charge in [-0.05, 0) is 19.4 Å². The maximum atomic E-state index is 12.0. The summed E-state index contributed by atoms with van der Waals surface area (Å²) in [7, 11) is 0. The molecule has 0 spiro atoms. The summed E-state index contributed by atoms with van der Waals surface area (Å²) in [4.78, 5) is 23.4. The third-order valence-electron chi connectivity index (χ3n) is 6.85. The summed E-state index contributed by atoms with van der Waals surface area (Å²) in [5, 5.41) is 12.3. The van der Waals surface area contributed by atoms with Crippen molar-refractivity contribution in [3.8, 4) is 0 Å². The van der Waals surface area contributed by atoms with Gasteiger partial charge in [0.15, 0.2) is 0 Å². The SMILES string of the molecule is CCCCCCCCCCCCCCCCCCOC(=O)CC(NCCCCCCCC)C(=O)O. The lowest BCUT2D eigenvalue weighted by Gasteiger charge is -2.14. The van der Waals surface area contributed by atoms with Crippen LogP contribution in [0.15, 0.2) is 0 Å². The van der Waals surface area contributed by atoms with Gasteiger partial charge in [0, 0.05) is 0 Å². The summed E-state index contributed by atoms with van der Waals surface area (Å²) >= 11 is 0. The molecule has 208 valence electrons. The number of unbranched alkanes of at least 4 members (excludes halogenated alkanes) is 20. The van der Waals surface area contributed by atoms with Crippen LogP contribution in [0.2, 0.25) is 0 Å². The van der Waals surface area contributed by atoms with Gasteiger partial charge in [-0.1, -0.05) is 142 Å². The van der Waals surface area contributed by atoms with Crippen molar-refractivity contribution >= 4 is 11.9 Å². The first-order chi connectivity index (χ1) is 17.1. The van der Waals surface area contributed by atoms with E-state index in [0.717, 1.165) is 25.7 Å². The standard InChI is InChI=1S/C30H59NO4/c1-3-5-7-9-11-12-13-14-15-16-17-18-19-20-22-24-26-35-29(32)27-28(30(33)34)31-25-23-21-10-8-6-4-2/h28,31H,3-27H2,1-2H3,(H,33,34). The highest BCUT2D eigenvalue weighted by Crippen LogP contribution is 2.14. The second kappa shape index (κ2) is 27.5. The lowest BCUT2D eigenvalue weighted by molar-refractivity contribution is -0.149. The number of carbonyl (C=O) groups is 2. The molecule has 0 aromatic rings. The third-order valence-corrected chi connectivity index (χ3v) is 6.85. The zero-order chi connectivity index (χ0) is 25.8. The molecular weight excluding hydrogens is 438 g/mol. The van der Waals surface area contributed by atoms with Crippen LogP contribution in [0, 0.1) is 0 Å². The second-order valence-electron chi connectivity index (χ2n) is 10.3. The van der Waals surface area contributed by atoms with Gasteiger partial charge in [0.2, 0.25) is 0 Å². The summed E-state index contributed by atoms with van der Waals surface area (Å²) in [6.45, 7) is 5.50. The lowest BCUT2D eigenvalue weighted by atomic mass is 10.0. The van der Waals surface area contributed by atoms with Crippen molar-refractivity contribution in [2.24, 2.45) is 0 Å². The molecule has 1 unspecified atom stereocenters. The highest BCUT2D eigenvalue weighted by Gasteiger charge is 2.21. The number of rotatable bonds is 28. The van der Waals surface area contributed by atoms with Crippen LogP contribution >= 0.6 is 0 Å². The Morgan fingerprint density at radius 3 is 1.37 bits per heavy atom. The zero-order valence-corrected chi connectivity index (χ0v) is 23.4. The predicted molar refractivity (Wildman–Crippen MR) is 148 cm³/mol. The monoisotopic (exact) mass is 497 g/mol. The van der Waals surface area contributed by atoms with Crippen LogP contribution in [0.4, 0.5) is 0 Å². The van der Waals surface area contributed by atoms with Crippen LogP contribution < -0.4 is 5.32 Å². The largest absolute Gasteiger partial charge is 0.480 e. The van der Waals surface area contributed by atoms with E-state index in [-0.39, 0.29) is 6.42 Å². The number of carbonyl (C=O) groups excluding carboxylic acids is 1. The van der Waals surface area contributed by atoms with Crippen LogP contribution in [0.1, 0.15) is 162 Å². The molecule has 0 aliphatic carbocycles. The molecule has 5 heteroatoms. The van der Waals surface area contributed by atoms with E-state index in [9.17, 15) is 14.7 Å². The average Bonchev–Trinajstić information content (AvgIpc) is 2.84. The van der Waals surface area contributed by atoms with E-state index in [0.29, 0.717) is 13.2 Å². The third kappa shape index (κ3) is 25.8. The first-order valence-corrected chi connectivity index (χ1v) is 15.2. The Morgan fingerprint density at radius 2 is 0.971 bits per heavy atom. The number of carboxylic acid groups (broad SMARTS) is 1. The first kappa shape index (κ1) is 33.9. The van der Waals surface area contributed by atoms with E-state index in [4.69, 9.17) is 4.74 Å². The number of nitrogens with one attached hydrogen (secondary N) is 1. The van der Waals surface area contributed by atoms with Gasteiger partial charge in [0.1, 0.15) is 6.04 Å². The van der Waals surface area contributed by atoms with E-state index >= 15 is 0 Å². The zero-order valence-electron chi connectivity index (χ0n) is 23.4. The summed E-state index contributed by atoms with van der Waals surface area (Å²) < 4.78 is 5.27. The van der Waals surface area contributed by atoms with Crippen molar-refractivity contribution in [2.45, 2.75) is 168 Å². The Hall–Kier alpha value is -1.10. The molecule has 0 aliphatic rings. The Balaban J connectivity index is 3.47. The molecule has 0 heterocycles. The van der Waals surface area contributed by atoms with E-state index in [2.05, 4.69) is 19.2 Å². The number of hydrogen-bond acceptors (Lipinski definition) is 4. The second-order valence-corrected chi connectivity index (χ2v) is 10.3. The van der Waals surface area contributed by atoms with Gasteiger partial charge in [-0.2, -0.15) is 0 Å². The number of carboxylic acids is 1. The molecule has 2 N–H and O–H groups in total. The van der Waals surface area contributed by atoms with E-state index in [1.165, 1.54) is 116 Å². The van der Waals surface area contributed by atoms with Gasteiger partial charge in [0.25, 0.3) is 0 Å². The Labute approximate surface area is 217 Å². The molecule has 0 aliphatic heterocycles. The smallest absolute Gasteiger partial charge is 0.321 e. The number of aliphatic carboxylic acids is 1. The van der Waals surface area contributed by atoms with Crippen molar-refractivity contribution in [1.29, 1.82) is 0 Å².